The molecule has 1 aromatic heterocycles. The fraction of sp³-hybridized carbons (Fsp3) is 0.200. The van der Waals surface area contributed by atoms with E-state index in [1.807, 2.05) is 17.5 Å². The lowest BCUT2D eigenvalue weighted by Crippen LogP contribution is -2.25. The van der Waals surface area contributed by atoms with E-state index in [-0.39, 0.29) is 12.4 Å². The summed E-state index contributed by atoms with van der Waals surface area (Å²) in [6, 6.07) is 13.8. The minimum absolute atomic E-state index is 0.0369. The first-order valence-corrected chi connectivity index (χ1v) is 11.8. The summed E-state index contributed by atoms with van der Waals surface area (Å²) in [5, 5.41) is 3.31. The molecule has 6 nitrogen and oxygen atoms in total. The summed E-state index contributed by atoms with van der Waals surface area (Å²) in [7, 11) is -3.30. The Morgan fingerprint density at radius 3 is 2.72 bits per heavy atom. The fourth-order valence-corrected chi connectivity index (χ4v) is 5.53. The summed E-state index contributed by atoms with van der Waals surface area (Å²) in [6.45, 7) is 0.461. The Labute approximate surface area is 177 Å². The van der Waals surface area contributed by atoms with Gasteiger partial charge in [0.15, 0.2) is 0 Å². The zero-order valence-electron chi connectivity index (χ0n) is 15.2. The predicted octanol–water partition coefficient (Wildman–Crippen LogP) is 4.36. The van der Waals surface area contributed by atoms with Gasteiger partial charge in [-0.15, -0.1) is 11.3 Å². The van der Waals surface area contributed by atoms with E-state index < -0.39 is 16.0 Å². The van der Waals surface area contributed by atoms with Crippen molar-refractivity contribution in [2.24, 2.45) is 0 Å². The minimum atomic E-state index is -3.30. The van der Waals surface area contributed by atoms with Crippen LogP contribution in [0, 0.1) is 0 Å². The first-order chi connectivity index (χ1) is 13.9. The van der Waals surface area contributed by atoms with Gasteiger partial charge in [0.1, 0.15) is 11.6 Å². The number of nitrogens with zero attached hydrogens (tertiary/aromatic N) is 2. The van der Waals surface area contributed by atoms with Crippen LogP contribution < -0.4 is 4.31 Å². The molecule has 0 radical (unpaired) electrons. The molecule has 4 rings (SSSR count). The van der Waals surface area contributed by atoms with Crippen LogP contribution in [0.4, 0.5) is 5.69 Å². The normalized spacial score (nSPS) is 15.4. The molecule has 29 heavy (non-hydrogen) atoms. The lowest BCUT2D eigenvalue weighted by atomic mass is 10.2. The lowest BCUT2D eigenvalue weighted by molar-refractivity contribution is 0.0468. The summed E-state index contributed by atoms with van der Waals surface area (Å²) in [4.78, 5) is 16.9. The Kier molecular flexibility index (Phi) is 5.58. The molecule has 0 saturated carbocycles. The second-order valence-electron chi connectivity index (χ2n) is 6.52. The van der Waals surface area contributed by atoms with Crippen LogP contribution >= 0.6 is 22.9 Å². The van der Waals surface area contributed by atoms with Crippen LogP contribution in [0.3, 0.4) is 0 Å². The number of thiazole rings is 1. The zero-order chi connectivity index (χ0) is 20.4. The summed E-state index contributed by atoms with van der Waals surface area (Å²) in [6.07, 6.45) is 0.580. The number of hydrogen-bond donors (Lipinski definition) is 0. The van der Waals surface area contributed by atoms with Crippen molar-refractivity contribution in [2.45, 2.75) is 13.0 Å². The van der Waals surface area contributed by atoms with Crippen molar-refractivity contribution in [1.29, 1.82) is 0 Å². The zero-order valence-corrected chi connectivity index (χ0v) is 17.6. The molecule has 0 N–H and O–H groups in total. The third kappa shape index (κ3) is 4.44. The monoisotopic (exact) mass is 448 g/mol. The molecule has 0 bridgehead atoms. The smallest absolute Gasteiger partial charge is 0.338 e. The minimum Gasteiger partial charge on any atom is -0.456 e. The average Bonchev–Trinajstić information content (AvgIpc) is 3.32. The molecular formula is C20H17ClN2O4S2. The van der Waals surface area contributed by atoms with Gasteiger partial charge in [-0.25, -0.2) is 18.2 Å². The van der Waals surface area contributed by atoms with Gasteiger partial charge < -0.3 is 4.74 Å². The number of esters is 1. The third-order valence-electron chi connectivity index (χ3n) is 4.46. The maximum Gasteiger partial charge on any atom is 0.338 e. The lowest BCUT2D eigenvalue weighted by Gasteiger charge is -2.17. The number of benzene rings is 2. The van der Waals surface area contributed by atoms with Gasteiger partial charge in [-0.1, -0.05) is 29.8 Å². The van der Waals surface area contributed by atoms with Crippen LogP contribution in [0.15, 0.2) is 53.9 Å². The molecule has 3 aromatic rings. The molecule has 150 valence electrons. The van der Waals surface area contributed by atoms with Gasteiger partial charge >= 0.3 is 5.97 Å². The van der Waals surface area contributed by atoms with E-state index in [9.17, 15) is 13.2 Å². The van der Waals surface area contributed by atoms with E-state index in [1.54, 1.807) is 36.4 Å². The highest BCUT2D eigenvalue weighted by molar-refractivity contribution is 7.93. The van der Waals surface area contributed by atoms with Gasteiger partial charge in [0, 0.05) is 22.5 Å². The van der Waals surface area contributed by atoms with E-state index in [0.717, 1.165) is 10.6 Å². The summed E-state index contributed by atoms with van der Waals surface area (Å²) in [5.41, 5.74) is 2.37. The highest BCUT2D eigenvalue weighted by Crippen LogP contribution is 2.27. The fourth-order valence-electron chi connectivity index (χ4n) is 3.04. The van der Waals surface area contributed by atoms with E-state index in [0.29, 0.717) is 34.9 Å². The van der Waals surface area contributed by atoms with Gasteiger partial charge in [0.05, 0.1) is 22.7 Å². The predicted molar refractivity (Wildman–Crippen MR) is 114 cm³/mol. The molecule has 1 aliphatic heterocycles. The Balaban J connectivity index is 1.43. The number of rotatable bonds is 5. The first kappa shape index (κ1) is 19.9. The quantitative estimate of drug-likeness (QED) is 0.542. The SMILES string of the molecule is O=C(OCc1csc(-c2ccc(Cl)cc2)n1)c1cccc(N2CCCS2(=O)=O)c1. The molecule has 2 heterocycles. The number of halogens is 1. The van der Waals surface area contributed by atoms with Gasteiger partial charge in [-0.05, 0) is 36.8 Å². The average molecular weight is 449 g/mol. The van der Waals surface area contributed by atoms with Gasteiger partial charge in [0.25, 0.3) is 0 Å². The second kappa shape index (κ2) is 8.14. The molecule has 1 aliphatic rings. The van der Waals surface area contributed by atoms with Crippen molar-refractivity contribution in [1.82, 2.24) is 4.98 Å². The largest absolute Gasteiger partial charge is 0.456 e. The topological polar surface area (TPSA) is 76.6 Å². The van der Waals surface area contributed by atoms with E-state index in [4.69, 9.17) is 16.3 Å². The highest BCUT2D eigenvalue weighted by atomic mass is 35.5. The maximum atomic E-state index is 12.4. The molecule has 0 amide bonds. The van der Waals surface area contributed by atoms with E-state index >= 15 is 0 Å². The maximum absolute atomic E-state index is 12.4. The number of carbonyl (C=O) groups is 1. The Bertz CT molecular complexity index is 1140. The highest BCUT2D eigenvalue weighted by Gasteiger charge is 2.28. The molecule has 9 heteroatoms. The molecule has 1 fully saturated rings. The molecule has 0 atom stereocenters. The van der Waals surface area contributed by atoms with Crippen molar-refractivity contribution < 1.29 is 17.9 Å². The van der Waals surface area contributed by atoms with Crippen molar-refractivity contribution in [3.8, 4) is 10.6 Å². The van der Waals surface area contributed by atoms with Gasteiger partial charge in [-0.3, -0.25) is 4.31 Å². The standard InChI is InChI=1S/C20H17ClN2O4S2/c21-16-7-5-14(6-8-16)19-22-17(13-28-19)12-27-20(24)15-3-1-4-18(11-15)23-9-2-10-29(23,25)26/h1,3-8,11,13H,2,9-10,12H2. The summed E-state index contributed by atoms with van der Waals surface area (Å²) < 4.78 is 30.9. The second-order valence-corrected chi connectivity index (χ2v) is 9.83. The molecule has 1 saturated heterocycles. The number of sulfonamides is 1. The third-order valence-corrected chi connectivity index (χ3v) is 7.52. The van der Waals surface area contributed by atoms with Crippen molar-refractivity contribution in [3.63, 3.8) is 0 Å². The van der Waals surface area contributed by atoms with Gasteiger partial charge in [-0.2, -0.15) is 0 Å². The van der Waals surface area contributed by atoms with Crippen molar-refractivity contribution in [3.05, 3.63) is 70.2 Å². The number of aromatic nitrogens is 1. The van der Waals surface area contributed by atoms with Crippen molar-refractivity contribution in [2.75, 3.05) is 16.6 Å². The molecule has 0 unspecified atom stereocenters. The molecule has 0 aliphatic carbocycles. The molecular weight excluding hydrogens is 432 g/mol. The van der Waals surface area contributed by atoms with Gasteiger partial charge in [0.2, 0.25) is 10.0 Å². The van der Waals surface area contributed by atoms with Crippen LogP contribution in [0.1, 0.15) is 22.5 Å². The van der Waals surface area contributed by atoms with E-state index in [2.05, 4.69) is 4.98 Å². The van der Waals surface area contributed by atoms with Crippen LogP contribution in [0.2, 0.25) is 5.02 Å². The summed E-state index contributed by atoms with van der Waals surface area (Å²) in [5.74, 6) is -0.397. The Hall–Kier alpha value is -2.42. The number of carbonyl (C=O) groups excluding carboxylic acids is 1. The first-order valence-electron chi connectivity index (χ1n) is 8.90. The number of hydrogen-bond acceptors (Lipinski definition) is 6. The Morgan fingerprint density at radius 2 is 2.00 bits per heavy atom. The Morgan fingerprint density at radius 1 is 1.21 bits per heavy atom. The van der Waals surface area contributed by atoms with E-state index in [1.165, 1.54) is 15.6 Å². The van der Waals surface area contributed by atoms with Crippen LogP contribution in [-0.4, -0.2) is 31.7 Å². The van der Waals surface area contributed by atoms with Crippen molar-refractivity contribution >= 4 is 44.6 Å². The molecule has 0 spiro atoms. The summed E-state index contributed by atoms with van der Waals surface area (Å²) >= 11 is 7.36. The van der Waals surface area contributed by atoms with Crippen LogP contribution in [-0.2, 0) is 21.4 Å². The van der Waals surface area contributed by atoms with Crippen LogP contribution in [0.5, 0.6) is 0 Å². The molecule has 2 aromatic carbocycles. The number of ether oxygens (including phenoxy) is 1. The number of anilines is 1. The van der Waals surface area contributed by atoms with Crippen LogP contribution in [0.25, 0.3) is 10.6 Å².